The van der Waals surface area contributed by atoms with Crippen LogP contribution in [0, 0.1) is 12.3 Å². The molecule has 1 N–H and O–H groups in total. The van der Waals surface area contributed by atoms with Gasteiger partial charge in [0.2, 0.25) is 17.0 Å². The minimum absolute atomic E-state index is 0.0591. The number of aryl methyl sites for hydroxylation is 1. The minimum atomic E-state index is -0.642. The van der Waals surface area contributed by atoms with E-state index in [1.54, 1.807) is 12.1 Å². The molecule has 27 heavy (non-hydrogen) atoms. The number of anilines is 1. The number of nitrogens with zero attached hydrogens (tertiary/aromatic N) is 3. The topological polar surface area (TPSA) is 85.9 Å². The van der Waals surface area contributed by atoms with E-state index in [2.05, 4.69) is 10.2 Å². The monoisotopic (exact) mass is 380 g/mol. The van der Waals surface area contributed by atoms with Crippen LogP contribution in [0.2, 0.25) is 0 Å². The van der Waals surface area contributed by atoms with Crippen LogP contribution < -0.4 is 4.90 Å². The Hall–Kier alpha value is -2.80. The molecular weight excluding hydrogens is 360 g/mol. The van der Waals surface area contributed by atoms with Gasteiger partial charge in [-0.05, 0) is 37.1 Å². The van der Waals surface area contributed by atoms with Crippen molar-refractivity contribution in [3.05, 3.63) is 65.7 Å². The third kappa shape index (κ3) is 4.49. The highest BCUT2D eigenvalue weighted by Gasteiger charge is 2.40. The van der Waals surface area contributed by atoms with E-state index >= 15 is 0 Å². The van der Waals surface area contributed by atoms with E-state index in [0.29, 0.717) is 5.69 Å². The molecule has 0 aliphatic carbocycles. The highest BCUT2D eigenvalue weighted by molar-refractivity contribution is 8.14. The smallest absolute Gasteiger partial charge is 0.247 e. The van der Waals surface area contributed by atoms with Crippen LogP contribution in [0.1, 0.15) is 30.5 Å². The number of rotatable bonds is 4. The van der Waals surface area contributed by atoms with Crippen molar-refractivity contribution in [2.24, 2.45) is 10.2 Å². The average Bonchev–Trinajstić information content (AvgIpc) is 2.93. The molecule has 0 bridgehead atoms. The summed E-state index contributed by atoms with van der Waals surface area (Å²) in [5.74, 6) is -0.572. The molecule has 0 spiro atoms. The van der Waals surface area contributed by atoms with Gasteiger partial charge in [-0.25, -0.2) is 4.90 Å². The van der Waals surface area contributed by atoms with Gasteiger partial charge in [0, 0.05) is 6.42 Å². The number of benzene rings is 2. The predicted octanol–water partition coefficient (Wildman–Crippen LogP) is 4.51. The zero-order valence-corrected chi connectivity index (χ0v) is 15.9. The lowest BCUT2D eigenvalue weighted by molar-refractivity contribution is -0.121. The Morgan fingerprint density at radius 3 is 2.63 bits per heavy atom. The Bertz CT molecular complexity index is 898. The van der Waals surface area contributed by atoms with Crippen molar-refractivity contribution in [3.8, 4) is 0 Å². The van der Waals surface area contributed by atoms with Crippen molar-refractivity contribution in [1.82, 2.24) is 0 Å². The average molecular weight is 380 g/mol. The summed E-state index contributed by atoms with van der Waals surface area (Å²) in [5, 5.41) is 15.3. The molecule has 2 aromatic carbocycles. The van der Waals surface area contributed by atoms with Gasteiger partial charge < -0.3 is 0 Å². The van der Waals surface area contributed by atoms with Crippen LogP contribution in [0.15, 0.2) is 64.8 Å². The highest BCUT2D eigenvalue weighted by atomic mass is 32.2. The molecule has 0 aromatic heterocycles. The summed E-state index contributed by atoms with van der Waals surface area (Å²) < 4.78 is 0. The fourth-order valence-electron chi connectivity index (χ4n) is 2.83. The van der Waals surface area contributed by atoms with Gasteiger partial charge in [0.1, 0.15) is 5.25 Å². The predicted molar refractivity (Wildman–Crippen MR) is 107 cm³/mol. The molecule has 7 heteroatoms. The Labute approximate surface area is 162 Å². The molecule has 2 amide bonds. The minimum Gasteiger partial charge on any atom is -0.275 e. The van der Waals surface area contributed by atoms with E-state index in [1.807, 2.05) is 56.3 Å². The van der Waals surface area contributed by atoms with E-state index in [1.165, 1.54) is 4.90 Å². The molecule has 1 saturated heterocycles. The molecule has 0 saturated carbocycles. The van der Waals surface area contributed by atoms with E-state index in [9.17, 15) is 9.59 Å². The Morgan fingerprint density at radius 2 is 1.93 bits per heavy atom. The zero-order valence-electron chi connectivity index (χ0n) is 15.1. The number of imide groups is 1. The number of azo groups is 1. The molecule has 1 aliphatic heterocycles. The number of amides is 2. The fraction of sp³-hybridized carbons (Fsp3) is 0.250. The first-order chi connectivity index (χ1) is 13.0. The van der Waals surface area contributed by atoms with Crippen molar-refractivity contribution < 1.29 is 9.59 Å². The molecule has 2 unspecified atom stereocenters. The van der Waals surface area contributed by atoms with Gasteiger partial charge in [-0.15, -0.1) is 5.11 Å². The normalized spacial score (nSPS) is 18.3. The molecule has 138 valence electrons. The Balaban J connectivity index is 1.64. The van der Waals surface area contributed by atoms with Crippen molar-refractivity contribution >= 4 is 34.4 Å². The molecule has 6 nitrogen and oxygen atoms in total. The number of hydrogen-bond acceptors (Lipinski definition) is 5. The molecule has 1 aliphatic rings. The van der Waals surface area contributed by atoms with Gasteiger partial charge in [-0.1, -0.05) is 54.2 Å². The number of carbonyl (C=O) groups excluding carboxylic acids is 2. The summed E-state index contributed by atoms with van der Waals surface area (Å²) in [5.41, 5.74) is 2.54. The molecule has 0 radical (unpaired) electrons. The summed E-state index contributed by atoms with van der Waals surface area (Å²) in [6, 6.07) is 16.7. The second kappa shape index (κ2) is 8.26. The van der Waals surface area contributed by atoms with E-state index < -0.39 is 5.25 Å². The standard InChI is InChI=1S/C20H20N4O2S/c1-13-7-6-10-16(11-13)24-18(25)12-17(19(24)26)27-20(21)23-22-14(2)15-8-4-3-5-9-15/h3-11,14,17,21H,12H2,1-2H3. The number of amidine groups is 1. The first-order valence-corrected chi connectivity index (χ1v) is 9.48. The van der Waals surface area contributed by atoms with E-state index in [-0.39, 0.29) is 29.4 Å². The lowest BCUT2D eigenvalue weighted by atomic mass is 10.1. The Morgan fingerprint density at radius 1 is 1.19 bits per heavy atom. The molecule has 2 atom stereocenters. The highest BCUT2D eigenvalue weighted by Crippen LogP contribution is 2.31. The molecule has 3 rings (SSSR count). The maximum absolute atomic E-state index is 12.6. The first-order valence-electron chi connectivity index (χ1n) is 8.60. The summed E-state index contributed by atoms with van der Waals surface area (Å²) in [7, 11) is 0. The maximum atomic E-state index is 12.6. The van der Waals surface area contributed by atoms with E-state index in [4.69, 9.17) is 5.41 Å². The maximum Gasteiger partial charge on any atom is 0.247 e. The summed E-state index contributed by atoms with van der Waals surface area (Å²) in [6.45, 7) is 3.80. The van der Waals surface area contributed by atoms with Crippen LogP contribution in [-0.4, -0.2) is 22.2 Å². The van der Waals surface area contributed by atoms with Crippen molar-refractivity contribution in [2.75, 3.05) is 4.90 Å². The largest absolute Gasteiger partial charge is 0.275 e. The lowest BCUT2D eigenvalue weighted by Gasteiger charge is -2.15. The van der Waals surface area contributed by atoms with Gasteiger partial charge in [-0.3, -0.25) is 15.0 Å². The first kappa shape index (κ1) is 19.0. The molecule has 2 aromatic rings. The van der Waals surface area contributed by atoms with Crippen LogP contribution in [0.4, 0.5) is 5.69 Å². The summed E-state index contributed by atoms with van der Waals surface area (Å²) in [6.07, 6.45) is 0.0591. The van der Waals surface area contributed by atoms with Gasteiger partial charge in [-0.2, -0.15) is 5.11 Å². The second-order valence-electron chi connectivity index (χ2n) is 6.32. The SMILES string of the molecule is Cc1cccc(N2C(=O)CC(SC(=N)N=NC(C)c3ccccc3)C2=O)c1. The lowest BCUT2D eigenvalue weighted by Crippen LogP contribution is -2.31. The van der Waals surface area contributed by atoms with Crippen molar-refractivity contribution in [2.45, 2.75) is 31.6 Å². The van der Waals surface area contributed by atoms with Gasteiger partial charge in [0.25, 0.3) is 0 Å². The summed E-state index contributed by atoms with van der Waals surface area (Å²) >= 11 is 0.970. The van der Waals surface area contributed by atoms with Crippen LogP contribution in [0.5, 0.6) is 0 Å². The van der Waals surface area contributed by atoms with Gasteiger partial charge >= 0.3 is 0 Å². The molecule has 1 heterocycles. The van der Waals surface area contributed by atoms with Crippen LogP contribution in [-0.2, 0) is 9.59 Å². The third-order valence-electron chi connectivity index (χ3n) is 4.22. The number of thioether (sulfide) groups is 1. The van der Waals surface area contributed by atoms with Crippen LogP contribution >= 0.6 is 11.8 Å². The Kier molecular flexibility index (Phi) is 5.81. The zero-order chi connectivity index (χ0) is 19.4. The van der Waals surface area contributed by atoms with Gasteiger partial charge in [0.05, 0.1) is 11.7 Å². The number of nitrogens with one attached hydrogen (secondary N) is 1. The van der Waals surface area contributed by atoms with Gasteiger partial charge in [0.15, 0.2) is 0 Å². The third-order valence-corrected chi connectivity index (χ3v) is 5.18. The second-order valence-corrected chi connectivity index (χ2v) is 7.52. The van der Waals surface area contributed by atoms with Crippen molar-refractivity contribution in [1.29, 1.82) is 5.41 Å². The molecular formula is C20H20N4O2S. The van der Waals surface area contributed by atoms with Crippen molar-refractivity contribution in [3.63, 3.8) is 0 Å². The number of carbonyl (C=O) groups is 2. The fourth-order valence-corrected chi connectivity index (χ4v) is 3.63. The summed E-state index contributed by atoms with van der Waals surface area (Å²) in [4.78, 5) is 26.1. The molecule has 1 fully saturated rings. The van der Waals surface area contributed by atoms with E-state index in [0.717, 1.165) is 22.9 Å². The number of hydrogen-bond donors (Lipinski definition) is 1. The van der Waals surface area contributed by atoms with Crippen LogP contribution in [0.25, 0.3) is 0 Å². The quantitative estimate of drug-likeness (QED) is 0.366. The van der Waals surface area contributed by atoms with Crippen LogP contribution in [0.3, 0.4) is 0 Å².